The predicted molar refractivity (Wildman–Crippen MR) is 144 cm³/mol. The summed E-state index contributed by atoms with van der Waals surface area (Å²) in [6, 6.07) is 7.55. The van der Waals surface area contributed by atoms with Gasteiger partial charge in [-0.05, 0) is 43.5 Å². The molecule has 0 spiro atoms. The molecule has 1 aliphatic carbocycles. The van der Waals surface area contributed by atoms with Crippen molar-refractivity contribution in [2.45, 2.75) is 56.3 Å². The molecule has 2 N–H and O–H groups in total. The number of alkyl halides is 4. The van der Waals surface area contributed by atoms with Crippen LogP contribution in [0.3, 0.4) is 0 Å². The van der Waals surface area contributed by atoms with Crippen molar-refractivity contribution in [2.24, 2.45) is 0 Å². The highest BCUT2D eigenvalue weighted by Gasteiger charge is 2.44. The standard InChI is InChI=1S/C28H30F4N6O4/c1-40-16-27(7-8-27)37-9-5-17(13-37)26(39)33-12-24-35-25(36-42-24)23-11-18-20(34-21-6-10-41-14-19(21)29)3-2-4-22(18)38(23)15-28(30,31)32/h2-5,9,11,13,19,21,34H,6-8,10,12,14-16H2,1H3,(H,33,39)/t19-,21+/m1/s1. The van der Waals surface area contributed by atoms with E-state index < -0.39 is 24.9 Å². The molecule has 14 heteroatoms. The Balaban J connectivity index is 1.22. The van der Waals surface area contributed by atoms with Crippen LogP contribution in [0.4, 0.5) is 23.2 Å². The number of benzene rings is 1. The van der Waals surface area contributed by atoms with Crippen molar-refractivity contribution < 1.29 is 36.4 Å². The number of amides is 1. The Bertz CT molecular complexity index is 1570. The Hall–Kier alpha value is -3.91. The molecule has 3 aromatic heterocycles. The van der Waals surface area contributed by atoms with Gasteiger partial charge in [0, 0.05) is 37.2 Å². The SMILES string of the molecule is COCC1(n2ccc(C(=O)NCc3nc(-c4cc5c(N[C@H]6CCOC[C@H]6F)cccc5n4CC(F)(F)F)no3)c2)CC1. The minimum absolute atomic E-state index is 0.0282. The maximum atomic E-state index is 14.4. The maximum absolute atomic E-state index is 14.4. The summed E-state index contributed by atoms with van der Waals surface area (Å²) in [6.07, 6.45) is 0.170. The average molecular weight is 591 g/mol. The van der Waals surface area contributed by atoms with Gasteiger partial charge in [0.2, 0.25) is 11.7 Å². The summed E-state index contributed by atoms with van der Waals surface area (Å²) in [5.74, 6) is -0.398. The number of hydrogen-bond donors (Lipinski definition) is 2. The highest BCUT2D eigenvalue weighted by atomic mass is 19.4. The third-order valence-corrected chi connectivity index (χ3v) is 7.75. The van der Waals surface area contributed by atoms with E-state index in [1.165, 1.54) is 6.07 Å². The zero-order chi connectivity index (χ0) is 29.5. The van der Waals surface area contributed by atoms with Crippen molar-refractivity contribution in [3.8, 4) is 11.5 Å². The van der Waals surface area contributed by atoms with Gasteiger partial charge in [-0.2, -0.15) is 18.2 Å². The molecule has 0 bridgehead atoms. The number of fused-ring (bicyclic) bond motifs is 1. The van der Waals surface area contributed by atoms with Crippen molar-refractivity contribution in [3.63, 3.8) is 0 Å². The van der Waals surface area contributed by atoms with Crippen molar-refractivity contribution in [2.75, 3.05) is 32.2 Å². The van der Waals surface area contributed by atoms with E-state index in [4.69, 9.17) is 14.0 Å². The smallest absolute Gasteiger partial charge is 0.382 e. The molecule has 1 aromatic carbocycles. The number of nitrogens with zero attached hydrogens (tertiary/aromatic N) is 4. The van der Waals surface area contributed by atoms with E-state index in [9.17, 15) is 22.4 Å². The Kier molecular flexibility index (Phi) is 7.43. The van der Waals surface area contributed by atoms with Gasteiger partial charge >= 0.3 is 6.18 Å². The number of aromatic nitrogens is 4. The number of carbonyl (C=O) groups excluding carboxylic acids is 1. The van der Waals surface area contributed by atoms with Crippen LogP contribution in [0.2, 0.25) is 0 Å². The van der Waals surface area contributed by atoms with E-state index >= 15 is 0 Å². The van der Waals surface area contributed by atoms with Gasteiger partial charge in [0.25, 0.3) is 5.91 Å². The monoisotopic (exact) mass is 590 g/mol. The molecule has 2 fully saturated rings. The first-order chi connectivity index (χ1) is 20.2. The summed E-state index contributed by atoms with van der Waals surface area (Å²) in [4.78, 5) is 17.0. The van der Waals surface area contributed by atoms with Gasteiger partial charge in [-0.1, -0.05) is 11.2 Å². The highest BCUT2D eigenvalue weighted by Crippen LogP contribution is 2.44. The maximum Gasteiger partial charge on any atom is 0.406 e. The van der Waals surface area contributed by atoms with Crippen LogP contribution in [0.1, 0.15) is 35.5 Å². The first-order valence-corrected chi connectivity index (χ1v) is 13.6. The molecule has 224 valence electrons. The topological polar surface area (TPSA) is 108 Å². The predicted octanol–water partition coefficient (Wildman–Crippen LogP) is 4.66. The van der Waals surface area contributed by atoms with Crippen LogP contribution in [-0.4, -0.2) is 70.5 Å². The fourth-order valence-electron chi connectivity index (χ4n) is 5.42. The molecule has 2 aliphatic rings. The molecule has 4 aromatic rings. The number of carbonyl (C=O) groups is 1. The molecule has 1 saturated heterocycles. The molecular formula is C28H30F4N6O4. The van der Waals surface area contributed by atoms with Crippen molar-refractivity contribution in [3.05, 3.63) is 54.2 Å². The molecule has 0 radical (unpaired) electrons. The fraction of sp³-hybridized carbons (Fsp3) is 0.464. The molecule has 1 saturated carbocycles. The summed E-state index contributed by atoms with van der Waals surface area (Å²) in [5, 5.41) is 10.2. The average Bonchev–Trinajstić information content (AvgIpc) is 3.30. The van der Waals surface area contributed by atoms with Crippen LogP contribution in [-0.2, 0) is 28.1 Å². The number of nitrogens with one attached hydrogen (secondary N) is 2. The minimum Gasteiger partial charge on any atom is -0.382 e. The third kappa shape index (κ3) is 5.73. The summed E-state index contributed by atoms with van der Waals surface area (Å²) < 4.78 is 74.1. The second kappa shape index (κ2) is 11.1. The van der Waals surface area contributed by atoms with Gasteiger partial charge in [0.05, 0.1) is 48.1 Å². The largest absolute Gasteiger partial charge is 0.406 e. The number of ether oxygens (including phenoxy) is 2. The molecule has 42 heavy (non-hydrogen) atoms. The minimum atomic E-state index is -4.53. The second-order valence-corrected chi connectivity index (χ2v) is 10.8. The Morgan fingerprint density at radius 1 is 1.26 bits per heavy atom. The van der Waals surface area contributed by atoms with Crippen molar-refractivity contribution in [1.29, 1.82) is 0 Å². The van der Waals surface area contributed by atoms with E-state index in [0.717, 1.165) is 17.4 Å². The van der Waals surface area contributed by atoms with Crippen LogP contribution in [0.25, 0.3) is 22.4 Å². The van der Waals surface area contributed by atoms with Gasteiger partial charge in [-0.15, -0.1) is 0 Å². The molecule has 1 aliphatic heterocycles. The van der Waals surface area contributed by atoms with Crippen LogP contribution < -0.4 is 10.6 Å². The van der Waals surface area contributed by atoms with Crippen molar-refractivity contribution in [1.82, 2.24) is 24.6 Å². The molecule has 6 rings (SSSR count). The summed E-state index contributed by atoms with van der Waals surface area (Å²) in [7, 11) is 1.64. The van der Waals surface area contributed by atoms with Crippen LogP contribution in [0.5, 0.6) is 0 Å². The lowest BCUT2D eigenvalue weighted by Crippen LogP contribution is -2.39. The number of methoxy groups -OCH3 is 1. The van der Waals surface area contributed by atoms with Gasteiger partial charge in [-0.25, -0.2) is 4.39 Å². The number of rotatable bonds is 10. The van der Waals surface area contributed by atoms with E-state index in [2.05, 4.69) is 20.8 Å². The third-order valence-electron chi connectivity index (χ3n) is 7.75. The molecule has 4 heterocycles. The van der Waals surface area contributed by atoms with E-state index in [1.807, 2.05) is 10.8 Å². The van der Waals surface area contributed by atoms with Gasteiger partial charge in [0.1, 0.15) is 12.7 Å². The quantitative estimate of drug-likeness (QED) is 0.259. The second-order valence-electron chi connectivity index (χ2n) is 10.8. The normalized spacial score (nSPS) is 20.1. The zero-order valence-corrected chi connectivity index (χ0v) is 22.8. The Morgan fingerprint density at radius 2 is 2.10 bits per heavy atom. The van der Waals surface area contributed by atoms with E-state index in [0.29, 0.717) is 36.3 Å². The van der Waals surface area contributed by atoms with Gasteiger partial charge < -0.3 is 33.8 Å². The summed E-state index contributed by atoms with van der Waals surface area (Å²) in [6.45, 7) is -0.510. The molecular weight excluding hydrogens is 560 g/mol. The lowest BCUT2D eigenvalue weighted by Gasteiger charge is -2.28. The molecule has 0 unspecified atom stereocenters. The Labute approximate surface area is 237 Å². The van der Waals surface area contributed by atoms with Gasteiger partial charge in [-0.3, -0.25) is 4.79 Å². The van der Waals surface area contributed by atoms with E-state index in [1.54, 1.807) is 37.6 Å². The number of anilines is 1. The first-order valence-electron chi connectivity index (χ1n) is 13.6. The molecule has 10 nitrogen and oxygen atoms in total. The summed E-state index contributed by atoms with van der Waals surface area (Å²) >= 11 is 0. The molecule has 1 amide bonds. The first kappa shape index (κ1) is 28.2. The van der Waals surface area contributed by atoms with Crippen molar-refractivity contribution >= 4 is 22.5 Å². The zero-order valence-electron chi connectivity index (χ0n) is 22.8. The number of hydrogen-bond acceptors (Lipinski definition) is 7. The number of halogens is 4. The highest BCUT2D eigenvalue weighted by molar-refractivity contribution is 5.96. The summed E-state index contributed by atoms with van der Waals surface area (Å²) in [5.41, 5.74) is 1.18. The van der Waals surface area contributed by atoms with Gasteiger partial charge in [0.15, 0.2) is 0 Å². The fourth-order valence-corrected chi connectivity index (χ4v) is 5.42. The van der Waals surface area contributed by atoms with Crippen LogP contribution >= 0.6 is 0 Å². The van der Waals surface area contributed by atoms with E-state index in [-0.39, 0.29) is 47.5 Å². The lowest BCUT2D eigenvalue weighted by atomic mass is 10.1. The van der Waals surface area contributed by atoms with Crippen LogP contribution in [0.15, 0.2) is 47.2 Å². The lowest BCUT2D eigenvalue weighted by molar-refractivity contribution is -0.139. The molecule has 2 atom stereocenters. The Morgan fingerprint density at radius 3 is 2.83 bits per heavy atom. The van der Waals surface area contributed by atoms with Crippen LogP contribution in [0, 0.1) is 0 Å².